The number of fused-ring (bicyclic) bond motifs is 5. The lowest BCUT2D eigenvalue weighted by Gasteiger charge is -2.21. The monoisotopic (exact) mass is 539 g/mol. The molecule has 2 aromatic heterocycles. The van der Waals surface area contributed by atoms with Crippen molar-refractivity contribution in [2.45, 2.75) is 85.7 Å². The van der Waals surface area contributed by atoms with Gasteiger partial charge in [-0.25, -0.2) is 4.79 Å². The molecule has 0 spiro atoms. The Bertz CT molecular complexity index is 1320. The van der Waals surface area contributed by atoms with Gasteiger partial charge in [-0.2, -0.15) is 5.10 Å². The molecule has 0 aliphatic carbocycles. The van der Waals surface area contributed by atoms with Crippen LogP contribution in [0.2, 0.25) is 0 Å². The Balaban J connectivity index is 0.000000983. The van der Waals surface area contributed by atoms with E-state index in [9.17, 15) is 19.5 Å². The second-order valence-electron chi connectivity index (χ2n) is 10.5. The molecular weight excluding hydrogens is 498 g/mol. The standard InChI is InChI=1S/C26H31N3O6.C4H10/c1-2-14-35-23(31)11-6-4-3-5-7-15-34-22-10-8-9-18-24(22)27-29-13-12-28-17-19(26(32)33)21(30)16-20(28)25(18)29;1-4(2)3/h8-10,16-17H,2-7,11-15H2,1H3,(H,32,33);4H,1-3H3. The third-order valence-corrected chi connectivity index (χ3v) is 6.14. The Labute approximate surface area is 229 Å². The van der Waals surface area contributed by atoms with Gasteiger partial charge in [0, 0.05) is 30.6 Å². The lowest BCUT2D eigenvalue weighted by atomic mass is 10.1. The number of carbonyl (C=O) groups excluding carboxylic acids is 1. The van der Waals surface area contributed by atoms with Crippen LogP contribution in [0.3, 0.4) is 0 Å². The summed E-state index contributed by atoms with van der Waals surface area (Å²) in [6.45, 7) is 10.7. The van der Waals surface area contributed by atoms with Crippen LogP contribution in [0, 0.1) is 5.92 Å². The molecule has 0 fully saturated rings. The summed E-state index contributed by atoms with van der Waals surface area (Å²) in [7, 11) is 0. The van der Waals surface area contributed by atoms with E-state index in [1.807, 2.05) is 29.8 Å². The van der Waals surface area contributed by atoms with Gasteiger partial charge >= 0.3 is 11.9 Å². The molecule has 0 atom stereocenters. The first-order chi connectivity index (χ1) is 18.7. The highest BCUT2D eigenvalue weighted by atomic mass is 16.5. The van der Waals surface area contributed by atoms with Crippen LogP contribution in [0.5, 0.6) is 5.75 Å². The number of benzene rings is 1. The number of unbranched alkanes of at least 4 members (excludes halogenated alkanes) is 4. The summed E-state index contributed by atoms with van der Waals surface area (Å²) in [5.74, 6) is 0.194. The molecule has 9 heteroatoms. The number of ether oxygens (including phenoxy) is 2. The highest BCUT2D eigenvalue weighted by Crippen LogP contribution is 2.35. The topological polar surface area (TPSA) is 113 Å². The number of carbonyl (C=O) groups is 2. The number of aromatic carboxylic acids is 1. The van der Waals surface area contributed by atoms with Gasteiger partial charge < -0.3 is 19.1 Å². The number of hydrogen-bond acceptors (Lipinski definition) is 6. The van der Waals surface area contributed by atoms with Gasteiger partial charge in [0.15, 0.2) is 5.43 Å². The van der Waals surface area contributed by atoms with Crippen LogP contribution in [0.15, 0.2) is 35.3 Å². The fourth-order valence-electron chi connectivity index (χ4n) is 4.37. The number of rotatable bonds is 12. The van der Waals surface area contributed by atoms with Gasteiger partial charge in [0.1, 0.15) is 16.8 Å². The van der Waals surface area contributed by atoms with Gasteiger partial charge in [0.25, 0.3) is 0 Å². The average Bonchev–Trinajstić information content (AvgIpc) is 3.28. The largest absolute Gasteiger partial charge is 0.491 e. The van der Waals surface area contributed by atoms with E-state index in [0.29, 0.717) is 44.2 Å². The lowest BCUT2D eigenvalue weighted by Crippen LogP contribution is -2.24. The zero-order valence-corrected chi connectivity index (χ0v) is 23.6. The number of hydrogen-bond donors (Lipinski definition) is 1. The molecule has 1 aromatic carbocycles. The maximum absolute atomic E-state index is 12.3. The third kappa shape index (κ3) is 8.18. The molecule has 0 bridgehead atoms. The van der Waals surface area contributed by atoms with Crippen LogP contribution in [0.1, 0.15) is 83.0 Å². The summed E-state index contributed by atoms with van der Waals surface area (Å²) in [5, 5.41) is 14.9. The minimum absolute atomic E-state index is 0.110. The molecule has 1 N–H and O–H groups in total. The van der Waals surface area contributed by atoms with E-state index < -0.39 is 11.4 Å². The number of carboxylic acid groups (broad SMARTS) is 1. The number of pyridine rings is 1. The summed E-state index contributed by atoms with van der Waals surface area (Å²) in [6.07, 6.45) is 7.54. The highest BCUT2D eigenvalue weighted by Gasteiger charge is 2.24. The molecule has 1 aliphatic rings. The summed E-state index contributed by atoms with van der Waals surface area (Å²) in [6, 6.07) is 7.12. The fraction of sp³-hybridized carbons (Fsp3) is 0.533. The number of carboxylic acids is 1. The van der Waals surface area contributed by atoms with Crippen LogP contribution in [-0.2, 0) is 22.6 Å². The van der Waals surface area contributed by atoms with E-state index in [1.54, 1.807) is 4.57 Å². The van der Waals surface area contributed by atoms with Crippen LogP contribution < -0.4 is 10.2 Å². The molecule has 3 heterocycles. The van der Waals surface area contributed by atoms with Crippen molar-refractivity contribution in [3.63, 3.8) is 0 Å². The second kappa shape index (κ2) is 14.5. The Morgan fingerprint density at radius 1 is 1.05 bits per heavy atom. The van der Waals surface area contributed by atoms with Gasteiger partial charge in [-0.1, -0.05) is 59.1 Å². The molecule has 0 saturated carbocycles. The molecule has 4 rings (SSSR count). The summed E-state index contributed by atoms with van der Waals surface area (Å²) >= 11 is 0. The van der Waals surface area contributed by atoms with Gasteiger partial charge in [-0.3, -0.25) is 14.3 Å². The van der Waals surface area contributed by atoms with Gasteiger partial charge in [-0.05, 0) is 31.2 Å². The molecule has 9 nitrogen and oxygen atoms in total. The summed E-state index contributed by atoms with van der Waals surface area (Å²) < 4.78 is 14.8. The first-order valence-corrected chi connectivity index (χ1v) is 14.0. The smallest absolute Gasteiger partial charge is 0.341 e. The first kappa shape index (κ1) is 29.9. The van der Waals surface area contributed by atoms with Crippen LogP contribution >= 0.6 is 0 Å². The number of esters is 1. The van der Waals surface area contributed by atoms with Crippen molar-refractivity contribution >= 4 is 22.8 Å². The molecule has 212 valence electrons. The summed E-state index contributed by atoms with van der Waals surface area (Å²) in [4.78, 5) is 35.2. The number of nitrogens with zero attached hydrogens (tertiary/aromatic N) is 3. The molecular formula is C30H41N3O6. The average molecular weight is 540 g/mol. The maximum Gasteiger partial charge on any atom is 0.341 e. The van der Waals surface area contributed by atoms with E-state index in [2.05, 4.69) is 20.8 Å². The first-order valence-electron chi connectivity index (χ1n) is 14.0. The van der Waals surface area contributed by atoms with Crippen molar-refractivity contribution in [1.82, 2.24) is 14.3 Å². The van der Waals surface area contributed by atoms with E-state index >= 15 is 0 Å². The summed E-state index contributed by atoms with van der Waals surface area (Å²) in [5.41, 5.74) is 1.44. The molecule has 0 unspecified atom stereocenters. The Morgan fingerprint density at radius 3 is 2.49 bits per heavy atom. The Hall–Kier alpha value is -3.62. The molecule has 0 amide bonds. The van der Waals surface area contributed by atoms with E-state index in [1.165, 1.54) is 12.3 Å². The molecule has 0 radical (unpaired) electrons. The maximum atomic E-state index is 12.3. The van der Waals surface area contributed by atoms with Crippen molar-refractivity contribution in [1.29, 1.82) is 0 Å². The van der Waals surface area contributed by atoms with Crippen LogP contribution in [0.4, 0.5) is 0 Å². The molecule has 1 aliphatic heterocycles. The minimum Gasteiger partial charge on any atom is -0.491 e. The zero-order valence-electron chi connectivity index (χ0n) is 23.6. The van der Waals surface area contributed by atoms with Gasteiger partial charge in [-0.15, -0.1) is 0 Å². The van der Waals surface area contributed by atoms with Crippen molar-refractivity contribution in [3.05, 3.63) is 46.2 Å². The van der Waals surface area contributed by atoms with Crippen molar-refractivity contribution < 1.29 is 24.2 Å². The third-order valence-electron chi connectivity index (χ3n) is 6.14. The van der Waals surface area contributed by atoms with Gasteiger partial charge in [0.2, 0.25) is 0 Å². The Kier molecular flexibility index (Phi) is 11.1. The van der Waals surface area contributed by atoms with Crippen LogP contribution in [-0.4, -0.2) is 44.6 Å². The number of aryl methyl sites for hydroxylation is 2. The van der Waals surface area contributed by atoms with Gasteiger partial charge in [0.05, 0.1) is 31.1 Å². The fourth-order valence-corrected chi connectivity index (χ4v) is 4.37. The van der Waals surface area contributed by atoms with Crippen molar-refractivity contribution in [2.24, 2.45) is 5.92 Å². The van der Waals surface area contributed by atoms with Crippen molar-refractivity contribution in [3.8, 4) is 17.1 Å². The SMILES string of the molecule is CC(C)C.CCCOC(=O)CCCCCCCOc1cccc2c3n(nc12)CCn1cc(C(=O)O)c(=O)cc1-3. The zero-order chi connectivity index (χ0) is 28.4. The molecule has 39 heavy (non-hydrogen) atoms. The number of aromatic nitrogens is 3. The molecule has 0 saturated heterocycles. The van der Waals surface area contributed by atoms with Crippen LogP contribution in [0.25, 0.3) is 22.3 Å². The Morgan fingerprint density at radius 2 is 1.77 bits per heavy atom. The highest BCUT2D eigenvalue weighted by molar-refractivity contribution is 5.96. The van der Waals surface area contributed by atoms with E-state index in [0.717, 1.165) is 61.0 Å². The predicted octanol–water partition coefficient (Wildman–Crippen LogP) is 5.91. The minimum atomic E-state index is -1.22. The normalized spacial score (nSPS) is 11.9. The van der Waals surface area contributed by atoms with Crippen molar-refractivity contribution in [2.75, 3.05) is 13.2 Å². The van der Waals surface area contributed by atoms with E-state index in [-0.39, 0.29) is 11.5 Å². The molecule has 3 aromatic rings. The predicted molar refractivity (Wildman–Crippen MR) is 151 cm³/mol. The lowest BCUT2D eigenvalue weighted by molar-refractivity contribution is -0.143. The van der Waals surface area contributed by atoms with E-state index in [4.69, 9.17) is 14.6 Å². The second-order valence-corrected chi connectivity index (χ2v) is 10.5. The quantitative estimate of drug-likeness (QED) is 0.225.